The molecule has 0 saturated heterocycles. The van der Waals surface area contributed by atoms with Crippen LogP contribution < -0.4 is 10.5 Å². The number of nitrogen functional groups attached to an aromatic ring is 1. The molecule has 5 nitrogen and oxygen atoms in total. The molecule has 0 unspecified atom stereocenters. The molecular formula is C11H12N4O. The lowest BCUT2D eigenvalue weighted by molar-refractivity contribution is 0.392. The van der Waals surface area contributed by atoms with Crippen molar-refractivity contribution in [3.8, 4) is 17.1 Å². The molecule has 0 aliphatic heterocycles. The summed E-state index contributed by atoms with van der Waals surface area (Å²) in [5, 5.41) is 7.96. The third-order valence-corrected chi connectivity index (χ3v) is 2.26. The van der Waals surface area contributed by atoms with Crippen LogP contribution in [0.15, 0.2) is 24.4 Å². The van der Waals surface area contributed by atoms with Crippen LogP contribution in [0.4, 0.5) is 5.82 Å². The van der Waals surface area contributed by atoms with Crippen LogP contribution >= 0.6 is 0 Å². The molecule has 0 aliphatic rings. The molecule has 0 fully saturated rings. The lowest BCUT2D eigenvalue weighted by atomic mass is 10.1. The van der Waals surface area contributed by atoms with Crippen molar-refractivity contribution >= 4 is 5.82 Å². The van der Waals surface area contributed by atoms with E-state index in [9.17, 15) is 0 Å². The highest BCUT2D eigenvalue weighted by Gasteiger charge is 2.05. The van der Waals surface area contributed by atoms with E-state index in [0.717, 1.165) is 16.8 Å². The number of ether oxygens (including phenoxy) is 1. The summed E-state index contributed by atoms with van der Waals surface area (Å²) in [4.78, 5) is 4.04. The number of anilines is 1. The zero-order valence-corrected chi connectivity index (χ0v) is 9.14. The van der Waals surface area contributed by atoms with Gasteiger partial charge in [0.1, 0.15) is 5.82 Å². The van der Waals surface area contributed by atoms with Crippen LogP contribution in [0.2, 0.25) is 0 Å². The van der Waals surface area contributed by atoms with E-state index in [0.29, 0.717) is 11.7 Å². The second kappa shape index (κ2) is 4.14. The van der Waals surface area contributed by atoms with E-state index in [1.54, 1.807) is 25.4 Å². The molecular weight excluding hydrogens is 204 g/mol. The van der Waals surface area contributed by atoms with E-state index in [1.807, 2.05) is 13.0 Å². The summed E-state index contributed by atoms with van der Waals surface area (Å²) < 4.78 is 4.95. The van der Waals surface area contributed by atoms with E-state index in [1.165, 1.54) is 0 Å². The number of aromatic nitrogens is 3. The Labute approximate surface area is 93.3 Å². The SMILES string of the molecule is COc1ccc(-c2cnc(N)cc2C)nn1. The first kappa shape index (κ1) is 10.4. The van der Waals surface area contributed by atoms with Gasteiger partial charge in [0.15, 0.2) is 0 Å². The maximum absolute atomic E-state index is 5.58. The van der Waals surface area contributed by atoms with Crippen LogP contribution in [0.5, 0.6) is 5.88 Å². The van der Waals surface area contributed by atoms with Gasteiger partial charge in [-0.3, -0.25) is 0 Å². The summed E-state index contributed by atoms with van der Waals surface area (Å²) >= 11 is 0. The van der Waals surface area contributed by atoms with Crippen molar-refractivity contribution in [2.24, 2.45) is 0 Å². The number of aryl methyl sites for hydroxylation is 1. The molecule has 2 rings (SSSR count). The van der Waals surface area contributed by atoms with Crippen molar-refractivity contribution in [2.75, 3.05) is 12.8 Å². The summed E-state index contributed by atoms with van der Waals surface area (Å²) in [7, 11) is 1.56. The van der Waals surface area contributed by atoms with Crippen molar-refractivity contribution in [1.82, 2.24) is 15.2 Å². The Morgan fingerprint density at radius 1 is 1.25 bits per heavy atom. The third-order valence-electron chi connectivity index (χ3n) is 2.26. The monoisotopic (exact) mass is 216 g/mol. The van der Waals surface area contributed by atoms with E-state index in [4.69, 9.17) is 10.5 Å². The molecule has 0 radical (unpaired) electrons. The standard InChI is InChI=1S/C11H12N4O/c1-7-5-10(12)13-6-8(7)9-3-4-11(16-2)15-14-9/h3-6H,1-2H3,(H2,12,13). The van der Waals surface area contributed by atoms with Gasteiger partial charge in [0.05, 0.1) is 12.8 Å². The lowest BCUT2D eigenvalue weighted by Crippen LogP contribution is -1.96. The maximum atomic E-state index is 5.58. The fourth-order valence-corrected chi connectivity index (χ4v) is 1.42. The molecule has 0 bridgehead atoms. The number of hydrogen-bond donors (Lipinski definition) is 1. The average Bonchev–Trinajstić information content (AvgIpc) is 2.29. The van der Waals surface area contributed by atoms with Crippen molar-refractivity contribution < 1.29 is 4.74 Å². The molecule has 82 valence electrons. The fraction of sp³-hybridized carbons (Fsp3) is 0.182. The number of methoxy groups -OCH3 is 1. The molecule has 2 aromatic rings. The topological polar surface area (TPSA) is 73.9 Å². The van der Waals surface area contributed by atoms with Crippen LogP contribution in [0.1, 0.15) is 5.56 Å². The summed E-state index contributed by atoms with van der Waals surface area (Å²) in [5.41, 5.74) is 8.28. The van der Waals surface area contributed by atoms with E-state index in [-0.39, 0.29) is 0 Å². The van der Waals surface area contributed by atoms with Crippen LogP contribution in [-0.2, 0) is 0 Å². The minimum absolute atomic E-state index is 0.491. The first-order valence-corrected chi connectivity index (χ1v) is 4.81. The molecule has 2 aromatic heterocycles. The Kier molecular flexibility index (Phi) is 2.68. The van der Waals surface area contributed by atoms with Gasteiger partial charge in [0.25, 0.3) is 0 Å². The van der Waals surface area contributed by atoms with Crippen molar-refractivity contribution in [1.29, 1.82) is 0 Å². The summed E-state index contributed by atoms with van der Waals surface area (Å²) in [6.07, 6.45) is 1.70. The van der Waals surface area contributed by atoms with Crippen LogP contribution in [0, 0.1) is 6.92 Å². The van der Waals surface area contributed by atoms with Gasteiger partial charge >= 0.3 is 0 Å². The number of nitrogens with zero attached hydrogens (tertiary/aromatic N) is 3. The molecule has 0 spiro atoms. The summed E-state index contributed by atoms with van der Waals surface area (Å²) in [6, 6.07) is 5.41. The molecule has 0 aliphatic carbocycles. The molecule has 2 N–H and O–H groups in total. The minimum atomic E-state index is 0.491. The van der Waals surface area contributed by atoms with Gasteiger partial charge in [-0.1, -0.05) is 0 Å². The summed E-state index contributed by atoms with van der Waals surface area (Å²) in [6.45, 7) is 1.96. The highest BCUT2D eigenvalue weighted by atomic mass is 16.5. The Balaban J connectivity index is 2.42. The van der Waals surface area contributed by atoms with E-state index in [2.05, 4.69) is 15.2 Å². The van der Waals surface area contributed by atoms with E-state index < -0.39 is 0 Å². The van der Waals surface area contributed by atoms with Gasteiger partial charge in [-0.2, -0.15) is 0 Å². The first-order chi connectivity index (χ1) is 7.70. The fourth-order valence-electron chi connectivity index (χ4n) is 1.42. The van der Waals surface area contributed by atoms with Gasteiger partial charge in [0, 0.05) is 17.8 Å². The van der Waals surface area contributed by atoms with Crippen molar-refractivity contribution in [2.45, 2.75) is 6.92 Å². The zero-order chi connectivity index (χ0) is 11.5. The Morgan fingerprint density at radius 2 is 2.06 bits per heavy atom. The molecule has 16 heavy (non-hydrogen) atoms. The number of hydrogen-bond acceptors (Lipinski definition) is 5. The predicted molar refractivity (Wildman–Crippen MR) is 61.0 cm³/mol. The van der Waals surface area contributed by atoms with Crippen LogP contribution in [-0.4, -0.2) is 22.3 Å². The molecule has 0 amide bonds. The van der Waals surface area contributed by atoms with Gasteiger partial charge in [0.2, 0.25) is 5.88 Å². The average molecular weight is 216 g/mol. The van der Waals surface area contributed by atoms with Crippen LogP contribution in [0.3, 0.4) is 0 Å². The number of pyridine rings is 1. The smallest absolute Gasteiger partial charge is 0.233 e. The molecule has 5 heteroatoms. The second-order valence-corrected chi connectivity index (χ2v) is 3.39. The second-order valence-electron chi connectivity index (χ2n) is 3.39. The normalized spacial score (nSPS) is 10.1. The predicted octanol–water partition coefficient (Wildman–Crippen LogP) is 1.44. The number of rotatable bonds is 2. The largest absolute Gasteiger partial charge is 0.480 e. The van der Waals surface area contributed by atoms with E-state index >= 15 is 0 Å². The lowest BCUT2D eigenvalue weighted by Gasteiger charge is -2.05. The molecule has 0 aromatic carbocycles. The molecule has 2 heterocycles. The Bertz CT molecular complexity index is 496. The first-order valence-electron chi connectivity index (χ1n) is 4.81. The van der Waals surface area contributed by atoms with Gasteiger partial charge < -0.3 is 10.5 Å². The molecule has 0 atom stereocenters. The zero-order valence-electron chi connectivity index (χ0n) is 9.14. The third kappa shape index (κ3) is 1.93. The van der Waals surface area contributed by atoms with Gasteiger partial charge in [-0.15, -0.1) is 10.2 Å². The van der Waals surface area contributed by atoms with Gasteiger partial charge in [-0.25, -0.2) is 4.98 Å². The molecule has 0 saturated carbocycles. The summed E-state index contributed by atoms with van der Waals surface area (Å²) in [5.74, 6) is 0.993. The van der Waals surface area contributed by atoms with Crippen molar-refractivity contribution in [3.05, 3.63) is 30.0 Å². The van der Waals surface area contributed by atoms with Crippen molar-refractivity contribution in [3.63, 3.8) is 0 Å². The highest BCUT2D eigenvalue weighted by Crippen LogP contribution is 2.21. The quantitative estimate of drug-likeness (QED) is 0.822. The van der Waals surface area contributed by atoms with Gasteiger partial charge in [-0.05, 0) is 24.6 Å². The number of nitrogens with two attached hydrogens (primary N) is 1. The Hall–Kier alpha value is -2.17. The minimum Gasteiger partial charge on any atom is -0.480 e. The maximum Gasteiger partial charge on any atom is 0.233 e. The van der Waals surface area contributed by atoms with Crippen LogP contribution in [0.25, 0.3) is 11.3 Å². The highest BCUT2D eigenvalue weighted by molar-refractivity contribution is 5.63. The Morgan fingerprint density at radius 3 is 2.62 bits per heavy atom.